The van der Waals surface area contributed by atoms with Crippen molar-refractivity contribution in [3.8, 4) is 0 Å². The number of benzene rings is 2. The van der Waals surface area contributed by atoms with Crippen LogP contribution in [0.4, 0.5) is 14.9 Å². The Morgan fingerprint density at radius 1 is 1.04 bits per heavy atom. The molecule has 1 N–H and O–H groups in total. The molecule has 4 rings (SSSR count). The molecular weight excluding hydrogens is 321 g/mol. The highest BCUT2D eigenvalue weighted by molar-refractivity contribution is 6.11. The first-order chi connectivity index (χ1) is 12.1. The Balaban J connectivity index is 1.76. The highest BCUT2D eigenvalue weighted by atomic mass is 19.1. The van der Waals surface area contributed by atoms with Crippen molar-refractivity contribution in [3.05, 3.63) is 77.2 Å². The summed E-state index contributed by atoms with van der Waals surface area (Å²) in [4.78, 5) is 28.4. The first kappa shape index (κ1) is 15.4. The van der Waals surface area contributed by atoms with Crippen LogP contribution < -0.4 is 10.2 Å². The second kappa shape index (κ2) is 5.73. The number of likely N-dealkylation sites (N-methyl/N-ethyl adjacent to an activating group) is 1. The lowest BCUT2D eigenvalue weighted by atomic mass is 9.96. The minimum absolute atomic E-state index is 0.178. The molecule has 5 nitrogen and oxygen atoms in total. The Morgan fingerprint density at radius 3 is 2.40 bits per heavy atom. The SMILES string of the molecule is CN1C(=O)N[C@@H](c2ccccc2)C2=C1CN(c1ccc(F)cc1)C2=O. The Bertz CT molecular complexity index is 877. The average molecular weight is 337 g/mol. The molecule has 2 heterocycles. The highest BCUT2D eigenvalue weighted by Gasteiger charge is 2.43. The van der Waals surface area contributed by atoms with Crippen LogP contribution in [0.25, 0.3) is 0 Å². The number of halogens is 1. The number of hydrogen-bond acceptors (Lipinski definition) is 2. The molecule has 0 unspecified atom stereocenters. The van der Waals surface area contributed by atoms with Crippen LogP contribution >= 0.6 is 0 Å². The highest BCUT2D eigenvalue weighted by Crippen LogP contribution is 2.37. The van der Waals surface area contributed by atoms with E-state index in [0.29, 0.717) is 17.0 Å². The number of nitrogens with one attached hydrogen (secondary N) is 1. The van der Waals surface area contributed by atoms with Gasteiger partial charge in [-0.25, -0.2) is 9.18 Å². The van der Waals surface area contributed by atoms with Gasteiger partial charge in [-0.05, 0) is 29.8 Å². The van der Waals surface area contributed by atoms with E-state index >= 15 is 0 Å². The number of carbonyl (C=O) groups excluding carboxylic acids is 2. The van der Waals surface area contributed by atoms with E-state index < -0.39 is 6.04 Å². The van der Waals surface area contributed by atoms with E-state index in [-0.39, 0.29) is 24.3 Å². The smallest absolute Gasteiger partial charge is 0.322 e. The number of anilines is 1. The maximum absolute atomic E-state index is 13.2. The summed E-state index contributed by atoms with van der Waals surface area (Å²) in [6, 6.07) is 14.4. The van der Waals surface area contributed by atoms with Crippen molar-refractivity contribution in [2.45, 2.75) is 6.04 Å². The number of nitrogens with zero attached hydrogens (tertiary/aromatic N) is 2. The molecule has 2 aromatic rings. The van der Waals surface area contributed by atoms with Gasteiger partial charge >= 0.3 is 6.03 Å². The van der Waals surface area contributed by atoms with Gasteiger partial charge in [-0.2, -0.15) is 0 Å². The number of hydrogen-bond donors (Lipinski definition) is 1. The molecule has 0 spiro atoms. The maximum atomic E-state index is 13.2. The van der Waals surface area contributed by atoms with Gasteiger partial charge in [0.2, 0.25) is 0 Å². The third kappa shape index (κ3) is 2.46. The van der Waals surface area contributed by atoms with Gasteiger partial charge < -0.3 is 10.2 Å². The van der Waals surface area contributed by atoms with E-state index in [1.165, 1.54) is 17.0 Å². The molecule has 0 aromatic heterocycles. The predicted octanol–water partition coefficient (Wildman–Crippen LogP) is 2.82. The largest absolute Gasteiger partial charge is 0.327 e. The van der Waals surface area contributed by atoms with Crippen LogP contribution in [-0.4, -0.2) is 30.4 Å². The van der Waals surface area contributed by atoms with Crippen molar-refractivity contribution in [2.75, 3.05) is 18.5 Å². The quantitative estimate of drug-likeness (QED) is 0.916. The van der Waals surface area contributed by atoms with E-state index in [1.54, 1.807) is 24.1 Å². The van der Waals surface area contributed by atoms with E-state index in [4.69, 9.17) is 0 Å². The van der Waals surface area contributed by atoms with Crippen molar-refractivity contribution < 1.29 is 14.0 Å². The van der Waals surface area contributed by atoms with Gasteiger partial charge in [0, 0.05) is 12.7 Å². The third-order valence-electron chi connectivity index (χ3n) is 4.63. The zero-order chi connectivity index (χ0) is 17.6. The van der Waals surface area contributed by atoms with Crippen LogP contribution in [0, 0.1) is 5.82 Å². The fraction of sp³-hybridized carbons (Fsp3) is 0.158. The number of urea groups is 1. The maximum Gasteiger partial charge on any atom is 0.322 e. The Morgan fingerprint density at radius 2 is 1.72 bits per heavy atom. The molecule has 25 heavy (non-hydrogen) atoms. The van der Waals surface area contributed by atoms with Gasteiger partial charge in [0.1, 0.15) is 5.82 Å². The van der Waals surface area contributed by atoms with E-state index in [2.05, 4.69) is 5.32 Å². The lowest BCUT2D eigenvalue weighted by Crippen LogP contribution is -2.45. The average Bonchev–Trinajstić information content (AvgIpc) is 2.97. The molecule has 0 aliphatic carbocycles. The predicted molar refractivity (Wildman–Crippen MR) is 91.3 cm³/mol. The van der Waals surface area contributed by atoms with Crippen molar-refractivity contribution in [2.24, 2.45) is 0 Å². The monoisotopic (exact) mass is 337 g/mol. The van der Waals surface area contributed by atoms with Crippen LogP contribution in [-0.2, 0) is 4.79 Å². The summed E-state index contributed by atoms with van der Waals surface area (Å²) < 4.78 is 13.2. The number of amides is 3. The zero-order valence-corrected chi connectivity index (χ0v) is 13.6. The van der Waals surface area contributed by atoms with E-state index in [1.807, 2.05) is 30.3 Å². The molecular formula is C19H16FN3O2. The number of carbonyl (C=O) groups is 2. The topological polar surface area (TPSA) is 52.7 Å². The Labute approximate surface area is 144 Å². The van der Waals surface area contributed by atoms with Gasteiger partial charge in [0.05, 0.1) is 23.9 Å². The Hall–Kier alpha value is -3.15. The van der Waals surface area contributed by atoms with Crippen molar-refractivity contribution in [3.63, 3.8) is 0 Å². The second-order valence-electron chi connectivity index (χ2n) is 6.08. The molecule has 0 saturated carbocycles. The molecule has 6 heteroatoms. The third-order valence-corrected chi connectivity index (χ3v) is 4.63. The molecule has 0 radical (unpaired) electrons. The first-order valence-electron chi connectivity index (χ1n) is 7.96. The normalized spacial score (nSPS) is 20.0. The summed E-state index contributed by atoms with van der Waals surface area (Å²) >= 11 is 0. The molecule has 1 atom stereocenters. The van der Waals surface area contributed by atoms with E-state index in [9.17, 15) is 14.0 Å². The van der Waals surface area contributed by atoms with Gasteiger partial charge in [0.25, 0.3) is 5.91 Å². The van der Waals surface area contributed by atoms with Crippen LogP contribution in [0.3, 0.4) is 0 Å². The van der Waals surface area contributed by atoms with Gasteiger partial charge in [-0.1, -0.05) is 30.3 Å². The summed E-state index contributed by atoms with van der Waals surface area (Å²) in [6.45, 7) is 0.285. The first-order valence-corrected chi connectivity index (χ1v) is 7.96. The van der Waals surface area contributed by atoms with Crippen molar-refractivity contribution in [1.82, 2.24) is 10.2 Å². The van der Waals surface area contributed by atoms with Gasteiger partial charge in [0.15, 0.2) is 0 Å². The molecule has 0 saturated heterocycles. The zero-order valence-electron chi connectivity index (χ0n) is 13.6. The molecule has 0 bridgehead atoms. The van der Waals surface area contributed by atoms with Crippen LogP contribution in [0.5, 0.6) is 0 Å². The summed E-state index contributed by atoms with van der Waals surface area (Å²) in [5, 5.41) is 2.89. The molecule has 126 valence electrons. The second-order valence-corrected chi connectivity index (χ2v) is 6.08. The molecule has 2 aliphatic rings. The summed E-state index contributed by atoms with van der Waals surface area (Å²) in [5.74, 6) is -0.536. The summed E-state index contributed by atoms with van der Waals surface area (Å²) in [6.07, 6.45) is 0. The fourth-order valence-corrected chi connectivity index (χ4v) is 3.29. The minimum atomic E-state index is -0.488. The van der Waals surface area contributed by atoms with Crippen LogP contribution in [0.2, 0.25) is 0 Å². The Kier molecular flexibility index (Phi) is 3.53. The summed E-state index contributed by atoms with van der Waals surface area (Å²) in [7, 11) is 1.65. The van der Waals surface area contributed by atoms with Crippen molar-refractivity contribution in [1.29, 1.82) is 0 Å². The fourth-order valence-electron chi connectivity index (χ4n) is 3.29. The van der Waals surface area contributed by atoms with Crippen LogP contribution in [0.15, 0.2) is 65.9 Å². The minimum Gasteiger partial charge on any atom is -0.327 e. The standard InChI is InChI=1S/C19H16FN3O2/c1-22-15-11-23(14-9-7-13(20)8-10-14)18(24)16(15)17(21-19(22)25)12-5-3-2-4-6-12/h2-10,17H,11H2,1H3,(H,21,25)/t17-/m0/s1. The molecule has 2 aromatic carbocycles. The van der Waals surface area contributed by atoms with E-state index in [0.717, 1.165) is 5.56 Å². The van der Waals surface area contributed by atoms with Gasteiger partial charge in [-0.15, -0.1) is 0 Å². The molecule has 2 aliphatic heterocycles. The lowest BCUT2D eigenvalue weighted by molar-refractivity contribution is -0.114. The number of rotatable bonds is 2. The summed E-state index contributed by atoms with van der Waals surface area (Å²) in [5.41, 5.74) is 2.68. The van der Waals surface area contributed by atoms with Gasteiger partial charge in [-0.3, -0.25) is 9.69 Å². The molecule has 3 amide bonds. The molecule has 0 fully saturated rings. The van der Waals surface area contributed by atoms with Crippen molar-refractivity contribution >= 4 is 17.6 Å². The lowest BCUT2D eigenvalue weighted by Gasteiger charge is -2.31. The van der Waals surface area contributed by atoms with Crippen LogP contribution in [0.1, 0.15) is 11.6 Å².